The summed E-state index contributed by atoms with van der Waals surface area (Å²) in [4.78, 5) is 11.0. The van der Waals surface area contributed by atoms with E-state index in [0.29, 0.717) is 12.1 Å². The van der Waals surface area contributed by atoms with E-state index in [0.717, 1.165) is 29.6 Å². The highest BCUT2D eigenvalue weighted by atomic mass is 15.1. The summed E-state index contributed by atoms with van der Waals surface area (Å²) in [5.41, 5.74) is 2.57. The maximum atomic E-state index is 8.96. The molecule has 0 saturated carbocycles. The van der Waals surface area contributed by atoms with Gasteiger partial charge in [0.1, 0.15) is 11.6 Å². The van der Waals surface area contributed by atoms with Gasteiger partial charge in [0.2, 0.25) is 0 Å². The van der Waals surface area contributed by atoms with Crippen LogP contribution in [0.4, 0.5) is 11.5 Å². The van der Waals surface area contributed by atoms with Crippen LogP contribution < -0.4 is 10.2 Å². The highest BCUT2D eigenvalue weighted by Gasteiger charge is 2.07. The molecule has 0 atom stereocenters. The van der Waals surface area contributed by atoms with Crippen LogP contribution in [0.1, 0.15) is 24.0 Å². The molecule has 0 saturated heterocycles. The number of hydrogen-bond donors (Lipinski definition) is 1. The average Bonchev–Trinajstić information content (AvgIpc) is 2.47. The van der Waals surface area contributed by atoms with Crippen molar-refractivity contribution >= 4 is 11.5 Å². The van der Waals surface area contributed by atoms with E-state index in [2.05, 4.69) is 21.4 Å². The number of aromatic nitrogens is 2. The standard InChI is InChI=1S/C16H19N5/c1-4-18-15-8-12(2)19-16(20-15)11-21(3)14-7-5-6-13(9-14)10-17/h5-9H,4,11H2,1-3H3,(H,18,19,20). The van der Waals surface area contributed by atoms with Crippen molar-refractivity contribution < 1.29 is 0 Å². The van der Waals surface area contributed by atoms with Crippen LogP contribution in [-0.4, -0.2) is 23.6 Å². The monoisotopic (exact) mass is 281 g/mol. The Morgan fingerprint density at radius 1 is 1.29 bits per heavy atom. The van der Waals surface area contributed by atoms with Gasteiger partial charge in [0.15, 0.2) is 0 Å². The SMILES string of the molecule is CCNc1cc(C)nc(CN(C)c2cccc(C#N)c2)n1. The summed E-state index contributed by atoms with van der Waals surface area (Å²) >= 11 is 0. The first-order valence-electron chi connectivity index (χ1n) is 6.92. The molecular weight excluding hydrogens is 262 g/mol. The summed E-state index contributed by atoms with van der Waals surface area (Å²) in [6, 6.07) is 11.6. The van der Waals surface area contributed by atoms with Gasteiger partial charge in [0.05, 0.1) is 18.2 Å². The molecular formula is C16H19N5. The quantitative estimate of drug-likeness (QED) is 0.913. The van der Waals surface area contributed by atoms with Crippen LogP contribution in [0.5, 0.6) is 0 Å². The van der Waals surface area contributed by atoms with E-state index in [9.17, 15) is 0 Å². The summed E-state index contributed by atoms with van der Waals surface area (Å²) in [6.07, 6.45) is 0. The smallest absolute Gasteiger partial charge is 0.150 e. The number of anilines is 2. The Kier molecular flexibility index (Phi) is 4.72. The fourth-order valence-corrected chi connectivity index (χ4v) is 2.09. The summed E-state index contributed by atoms with van der Waals surface area (Å²) < 4.78 is 0. The Morgan fingerprint density at radius 3 is 2.81 bits per heavy atom. The van der Waals surface area contributed by atoms with E-state index in [4.69, 9.17) is 5.26 Å². The topological polar surface area (TPSA) is 64.8 Å². The molecule has 2 aromatic rings. The van der Waals surface area contributed by atoms with Gasteiger partial charge < -0.3 is 10.2 Å². The Balaban J connectivity index is 2.18. The number of hydrogen-bond acceptors (Lipinski definition) is 5. The van der Waals surface area contributed by atoms with Crippen LogP contribution >= 0.6 is 0 Å². The van der Waals surface area contributed by atoms with Crippen molar-refractivity contribution in [2.45, 2.75) is 20.4 Å². The Morgan fingerprint density at radius 2 is 2.10 bits per heavy atom. The predicted octanol–water partition coefficient (Wildman–Crippen LogP) is 2.72. The summed E-state index contributed by atoms with van der Waals surface area (Å²) in [5.74, 6) is 1.61. The van der Waals surface area contributed by atoms with E-state index in [1.807, 2.05) is 50.1 Å². The third kappa shape index (κ3) is 3.93. The van der Waals surface area contributed by atoms with Crippen molar-refractivity contribution in [3.8, 4) is 6.07 Å². The lowest BCUT2D eigenvalue weighted by Gasteiger charge is -2.19. The van der Waals surface area contributed by atoms with Crippen LogP contribution in [-0.2, 0) is 6.54 Å². The number of nitrogens with one attached hydrogen (secondary N) is 1. The van der Waals surface area contributed by atoms with Crippen molar-refractivity contribution in [1.82, 2.24) is 9.97 Å². The van der Waals surface area contributed by atoms with Crippen LogP contribution in [0.15, 0.2) is 30.3 Å². The third-order valence-electron chi connectivity index (χ3n) is 3.05. The highest BCUT2D eigenvalue weighted by Crippen LogP contribution is 2.16. The molecule has 0 aliphatic heterocycles. The highest BCUT2D eigenvalue weighted by molar-refractivity contribution is 5.51. The zero-order chi connectivity index (χ0) is 15.2. The molecule has 0 bridgehead atoms. The lowest BCUT2D eigenvalue weighted by atomic mass is 10.2. The van der Waals surface area contributed by atoms with Crippen LogP contribution in [0, 0.1) is 18.3 Å². The van der Waals surface area contributed by atoms with E-state index in [1.54, 1.807) is 6.07 Å². The van der Waals surface area contributed by atoms with Gasteiger partial charge in [0, 0.05) is 31.0 Å². The first-order valence-corrected chi connectivity index (χ1v) is 6.92. The number of nitrogens with zero attached hydrogens (tertiary/aromatic N) is 4. The van der Waals surface area contributed by atoms with Crippen molar-refractivity contribution in [2.75, 3.05) is 23.8 Å². The second kappa shape index (κ2) is 6.71. The minimum absolute atomic E-state index is 0.592. The first-order chi connectivity index (χ1) is 10.1. The molecule has 5 heteroatoms. The van der Waals surface area contributed by atoms with Gasteiger partial charge >= 0.3 is 0 Å². The third-order valence-corrected chi connectivity index (χ3v) is 3.05. The van der Waals surface area contributed by atoms with E-state index >= 15 is 0 Å². The molecule has 108 valence electrons. The van der Waals surface area contributed by atoms with E-state index in [-0.39, 0.29) is 0 Å². The maximum Gasteiger partial charge on any atom is 0.150 e. The Hall–Kier alpha value is -2.61. The zero-order valence-electron chi connectivity index (χ0n) is 12.6. The van der Waals surface area contributed by atoms with Gasteiger partial charge in [-0.2, -0.15) is 5.26 Å². The second-order valence-electron chi connectivity index (χ2n) is 4.86. The Bertz CT molecular complexity index is 660. The van der Waals surface area contributed by atoms with Gasteiger partial charge in [-0.25, -0.2) is 9.97 Å². The normalized spacial score (nSPS) is 10.0. The minimum atomic E-state index is 0.592. The van der Waals surface area contributed by atoms with E-state index < -0.39 is 0 Å². The molecule has 1 N–H and O–H groups in total. The van der Waals surface area contributed by atoms with Crippen molar-refractivity contribution in [2.24, 2.45) is 0 Å². The molecule has 0 radical (unpaired) electrons. The first kappa shape index (κ1) is 14.8. The van der Waals surface area contributed by atoms with Gasteiger partial charge in [-0.1, -0.05) is 6.07 Å². The summed E-state index contributed by atoms with van der Waals surface area (Å²) in [7, 11) is 1.97. The van der Waals surface area contributed by atoms with Crippen molar-refractivity contribution in [3.63, 3.8) is 0 Å². The number of aryl methyl sites for hydroxylation is 1. The zero-order valence-corrected chi connectivity index (χ0v) is 12.6. The molecule has 1 heterocycles. The molecule has 2 rings (SSSR count). The average molecular weight is 281 g/mol. The van der Waals surface area contributed by atoms with Crippen molar-refractivity contribution in [3.05, 3.63) is 47.4 Å². The maximum absolute atomic E-state index is 8.96. The van der Waals surface area contributed by atoms with Crippen LogP contribution in [0.2, 0.25) is 0 Å². The molecule has 21 heavy (non-hydrogen) atoms. The molecule has 0 aliphatic rings. The molecule has 0 fully saturated rings. The fraction of sp³-hybridized carbons (Fsp3) is 0.312. The number of benzene rings is 1. The second-order valence-corrected chi connectivity index (χ2v) is 4.86. The van der Waals surface area contributed by atoms with Gasteiger partial charge in [-0.3, -0.25) is 0 Å². The van der Waals surface area contributed by atoms with Crippen LogP contribution in [0.25, 0.3) is 0 Å². The Labute approximate surface area is 125 Å². The largest absolute Gasteiger partial charge is 0.370 e. The van der Waals surface area contributed by atoms with Gasteiger partial charge in [0.25, 0.3) is 0 Å². The molecule has 1 aromatic carbocycles. The lowest BCUT2D eigenvalue weighted by molar-refractivity contribution is 0.828. The number of rotatable bonds is 5. The predicted molar refractivity (Wildman–Crippen MR) is 84.2 cm³/mol. The molecule has 5 nitrogen and oxygen atoms in total. The molecule has 0 unspecified atom stereocenters. The lowest BCUT2D eigenvalue weighted by Crippen LogP contribution is -2.19. The molecule has 0 aliphatic carbocycles. The number of nitriles is 1. The summed E-state index contributed by atoms with van der Waals surface area (Å²) in [5, 5.41) is 12.2. The molecule has 0 spiro atoms. The summed E-state index contributed by atoms with van der Waals surface area (Å²) in [6.45, 7) is 5.42. The van der Waals surface area contributed by atoms with Crippen molar-refractivity contribution in [1.29, 1.82) is 5.26 Å². The van der Waals surface area contributed by atoms with Crippen LogP contribution in [0.3, 0.4) is 0 Å². The van der Waals surface area contributed by atoms with Gasteiger partial charge in [-0.05, 0) is 32.0 Å². The molecule has 0 amide bonds. The minimum Gasteiger partial charge on any atom is -0.370 e. The van der Waals surface area contributed by atoms with Gasteiger partial charge in [-0.15, -0.1) is 0 Å². The van der Waals surface area contributed by atoms with E-state index in [1.165, 1.54) is 0 Å². The fourth-order valence-electron chi connectivity index (χ4n) is 2.09. The molecule has 1 aromatic heterocycles.